The minimum atomic E-state index is -1.21. The Bertz CT molecular complexity index is 823. The van der Waals surface area contributed by atoms with E-state index in [-0.39, 0.29) is 17.9 Å². The lowest BCUT2D eigenvalue weighted by atomic mass is 10.1. The molecular formula is C15H19N5O5. The van der Waals surface area contributed by atoms with E-state index < -0.39 is 29.6 Å². The maximum atomic E-state index is 11.8. The number of nitrogens with two attached hydrogens (primary N) is 1. The molecule has 1 atom stereocenters. The van der Waals surface area contributed by atoms with Crippen molar-refractivity contribution in [3.05, 3.63) is 29.8 Å². The number of aromatic nitrogens is 3. The van der Waals surface area contributed by atoms with Crippen LogP contribution < -0.4 is 11.1 Å². The predicted octanol–water partition coefficient (Wildman–Crippen LogP) is 0.349. The van der Waals surface area contributed by atoms with E-state index in [1.807, 2.05) is 0 Å². The van der Waals surface area contributed by atoms with E-state index in [0.29, 0.717) is 5.56 Å². The molecule has 2 heterocycles. The van der Waals surface area contributed by atoms with Gasteiger partial charge < -0.3 is 20.9 Å². The fraction of sp³-hybridized carbons (Fsp3) is 0.400. The number of carboxylic acids is 1. The number of rotatable bonds is 5. The number of carbonyl (C=O) groups excluding carboxylic acids is 2. The van der Waals surface area contributed by atoms with E-state index in [9.17, 15) is 19.5 Å². The van der Waals surface area contributed by atoms with E-state index in [1.165, 1.54) is 16.8 Å². The van der Waals surface area contributed by atoms with E-state index in [4.69, 9.17) is 10.5 Å². The quantitative estimate of drug-likeness (QED) is 0.705. The van der Waals surface area contributed by atoms with Crippen molar-refractivity contribution in [3.63, 3.8) is 0 Å². The Labute approximate surface area is 143 Å². The molecule has 0 aliphatic heterocycles. The molecule has 134 valence electrons. The average Bonchev–Trinajstić information content (AvgIpc) is 2.87. The fourth-order valence-corrected chi connectivity index (χ4v) is 2.04. The molecule has 0 fully saturated rings. The number of imidazole rings is 1. The Morgan fingerprint density at radius 2 is 2.04 bits per heavy atom. The Kier molecular flexibility index (Phi) is 4.91. The first-order chi connectivity index (χ1) is 11.5. The van der Waals surface area contributed by atoms with Crippen LogP contribution in [0.5, 0.6) is 0 Å². The maximum absolute atomic E-state index is 11.8. The molecule has 4 N–H and O–H groups in total. The molecule has 0 aromatic carbocycles. The summed E-state index contributed by atoms with van der Waals surface area (Å²) in [6.07, 6.45) is 3.52. The summed E-state index contributed by atoms with van der Waals surface area (Å²) in [5.41, 5.74) is 4.98. The number of hydrogen-bond acceptors (Lipinski definition) is 6. The number of carboxylic acid groups (broad SMARTS) is 1. The highest BCUT2D eigenvalue weighted by atomic mass is 16.6. The zero-order chi connectivity index (χ0) is 18.8. The summed E-state index contributed by atoms with van der Waals surface area (Å²) >= 11 is 0. The summed E-state index contributed by atoms with van der Waals surface area (Å²) in [6, 6.07) is -1.20. The third kappa shape index (κ3) is 4.90. The first-order valence-electron chi connectivity index (χ1n) is 7.41. The van der Waals surface area contributed by atoms with Gasteiger partial charge in [-0.3, -0.25) is 9.20 Å². The highest BCUT2D eigenvalue weighted by Gasteiger charge is 2.24. The third-order valence-corrected chi connectivity index (χ3v) is 3.04. The summed E-state index contributed by atoms with van der Waals surface area (Å²) in [5.74, 6) is -1.65. The SMILES string of the molecule is CC(C)(C)OC(=O)N[C@@H](Cc1cnc2nc(C(N)=O)cn2c1)C(=O)O. The van der Waals surface area contributed by atoms with Crippen LogP contribution in [0, 0.1) is 0 Å². The molecular weight excluding hydrogens is 330 g/mol. The molecule has 0 aliphatic rings. The number of ether oxygens (including phenoxy) is 1. The monoisotopic (exact) mass is 349 g/mol. The first kappa shape index (κ1) is 18.2. The van der Waals surface area contributed by atoms with Crippen LogP contribution in [0.25, 0.3) is 5.78 Å². The number of amides is 2. The lowest BCUT2D eigenvalue weighted by molar-refractivity contribution is -0.139. The van der Waals surface area contributed by atoms with Crippen LogP contribution in [-0.2, 0) is 16.0 Å². The second kappa shape index (κ2) is 6.75. The highest BCUT2D eigenvalue weighted by Crippen LogP contribution is 2.10. The molecule has 0 saturated carbocycles. The van der Waals surface area contributed by atoms with Crippen molar-refractivity contribution < 1.29 is 24.2 Å². The molecule has 2 aromatic heterocycles. The molecule has 0 spiro atoms. The van der Waals surface area contributed by atoms with E-state index in [1.54, 1.807) is 27.0 Å². The summed E-state index contributed by atoms with van der Waals surface area (Å²) < 4.78 is 6.52. The smallest absolute Gasteiger partial charge is 0.408 e. The molecule has 2 rings (SSSR count). The molecule has 2 amide bonds. The molecule has 0 unspecified atom stereocenters. The maximum Gasteiger partial charge on any atom is 0.408 e. The molecule has 0 saturated heterocycles. The van der Waals surface area contributed by atoms with Gasteiger partial charge >= 0.3 is 12.1 Å². The zero-order valence-electron chi connectivity index (χ0n) is 14.0. The average molecular weight is 349 g/mol. The zero-order valence-corrected chi connectivity index (χ0v) is 14.0. The lowest BCUT2D eigenvalue weighted by Gasteiger charge is -2.22. The number of primary amides is 1. The van der Waals surface area contributed by atoms with E-state index >= 15 is 0 Å². The van der Waals surface area contributed by atoms with Gasteiger partial charge in [0.2, 0.25) is 5.78 Å². The predicted molar refractivity (Wildman–Crippen MR) is 86.0 cm³/mol. The van der Waals surface area contributed by atoms with Crippen LogP contribution in [0.3, 0.4) is 0 Å². The van der Waals surface area contributed by atoms with Gasteiger partial charge in [0.1, 0.15) is 17.3 Å². The van der Waals surface area contributed by atoms with Crippen LogP contribution in [0.15, 0.2) is 18.6 Å². The van der Waals surface area contributed by atoms with Crippen LogP contribution >= 0.6 is 0 Å². The number of nitrogens with one attached hydrogen (secondary N) is 1. The van der Waals surface area contributed by atoms with Crippen LogP contribution in [-0.4, -0.2) is 49.1 Å². The summed E-state index contributed by atoms with van der Waals surface area (Å²) in [6.45, 7) is 5.03. The number of hydrogen-bond donors (Lipinski definition) is 3. The van der Waals surface area contributed by atoms with Crippen molar-refractivity contribution in [1.82, 2.24) is 19.7 Å². The Hall–Kier alpha value is -3.17. The van der Waals surface area contributed by atoms with Gasteiger partial charge in [-0.05, 0) is 26.3 Å². The fourth-order valence-electron chi connectivity index (χ4n) is 2.04. The molecule has 10 heteroatoms. The van der Waals surface area contributed by atoms with Gasteiger partial charge in [0.15, 0.2) is 0 Å². The number of nitrogens with zero attached hydrogens (tertiary/aromatic N) is 3. The van der Waals surface area contributed by atoms with Crippen molar-refractivity contribution in [3.8, 4) is 0 Å². The second-order valence-corrected chi connectivity index (χ2v) is 6.40. The van der Waals surface area contributed by atoms with Gasteiger partial charge in [0.25, 0.3) is 5.91 Å². The van der Waals surface area contributed by atoms with Crippen LogP contribution in [0.4, 0.5) is 4.79 Å². The van der Waals surface area contributed by atoms with Crippen molar-refractivity contribution in [2.24, 2.45) is 5.73 Å². The number of alkyl carbamates (subject to hydrolysis) is 1. The molecule has 25 heavy (non-hydrogen) atoms. The minimum absolute atomic E-state index is 0.0262. The van der Waals surface area contributed by atoms with Crippen LogP contribution in [0.2, 0.25) is 0 Å². The summed E-state index contributed by atoms with van der Waals surface area (Å²) in [4.78, 5) is 42.3. The standard InChI is InChI=1S/C15H19N5O5/c1-15(2,3)25-14(24)19-9(12(22)23)4-8-5-17-13-18-10(11(16)21)7-20(13)6-8/h5-7,9H,4H2,1-3H3,(H2,16,21)(H,19,24)(H,22,23)/t9-/m0/s1. The van der Waals surface area contributed by atoms with Gasteiger partial charge in [-0.1, -0.05) is 0 Å². The Morgan fingerprint density at radius 1 is 1.36 bits per heavy atom. The molecule has 0 bridgehead atoms. The van der Waals surface area contributed by atoms with Crippen molar-refractivity contribution in [2.75, 3.05) is 0 Å². The number of carbonyl (C=O) groups is 3. The molecule has 0 aliphatic carbocycles. The summed E-state index contributed by atoms with van der Waals surface area (Å²) in [7, 11) is 0. The highest BCUT2D eigenvalue weighted by molar-refractivity contribution is 5.91. The first-order valence-corrected chi connectivity index (χ1v) is 7.41. The summed E-state index contributed by atoms with van der Waals surface area (Å²) in [5, 5.41) is 11.6. The Morgan fingerprint density at radius 3 is 2.60 bits per heavy atom. The van der Waals surface area contributed by atoms with Crippen molar-refractivity contribution in [1.29, 1.82) is 0 Å². The van der Waals surface area contributed by atoms with Gasteiger partial charge in [-0.15, -0.1) is 0 Å². The normalized spacial score (nSPS) is 12.6. The Balaban J connectivity index is 2.16. The molecule has 0 radical (unpaired) electrons. The van der Waals surface area contributed by atoms with Crippen molar-refractivity contribution >= 4 is 23.7 Å². The largest absolute Gasteiger partial charge is 0.480 e. The number of fused-ring (bicyclic) bond motifs is 1. The topological polar surface area (TPSA) is 149 Å². The van der Waals surface area contributed by atoms with Gasteiger partial charge in [0.05, 0.1) is 0 Å². The van der Waals surface area contributed by atoms with E-state index in [2.05, 4.69) is 15.3 Å². The van der Waals surface area contributed by atoms with Crippen molar-refractivity contribution in [2.45, 2.75) is 38.8 Å². The minimum Gasteiger partial charge on any atom is -0.480 e. The number of aliphatic carboxylic acids is 1. The lowest BCUT2D eigenvalue weighted by Crippen LogP contribution is -2.44. The van der Waals surface area contributed by atoms with Gasteiger partial charge in [0, 0.05) is 25.0 Å². The van der Waals surface area contributed by atoms with Gasteiger partial charge in [-0.25, -0.2) is 19.6 Å². The van der Waals surface area contributed by atoms with E-state index in [0.717, 1.165) is 0 Å². The molecule has 10 nitrogen and oxygen atoms in total. The molecule has 2 aromatic rings. The third-order valence-electron chi connectivity index (χ3n) is 3.04. The van der Waals surface area contributed by atoms with Crippen LogP contribution in [0.1, 0.15) is 36.8 Å². The van der Waals surface area contributed by atoms with Gasteiger partial charge in [-0.2, -0.15) is 0 Å². The second-order valence-electron chi connectivity index (χ2n) is 6.40.